The molecule has 0 unspecified atom stereocenters. The number of primary amides is 1. The number of nitrogens with zero attached hydrogens (tertiary/aromatic N) is 1. The Kier molecular flexibility index (Phi) is 3.32. The van der Waals surface area contributed by atoms with Gasteiger partial charge in [0.1, 0.15) is 0 Å². The fourth-order valence-electron chi connectivity index (χ4n) is 1.26. The second kappa shape index (κ2) is 4.31. The SMILES string of the molecule is NC(=O)CN1CCCCNC1. The molecule has 11 heavy (non-hydrogen) atoms. The second-order valence-electron chi connectivity index (χ2n) is 2.88. The van der Waals surface area contributed by atoms with Gasteiger partial charge in [0.15, 0.2) is 0 Å². The van der Waals surface area contributed by atoms with Crippen molar-refractivity contribution in [2.45, 2.75) is 12.8 Å². The first kappa shape index (κ1) is 8.49. The van der Waals surface area contributed by atoms with Gasteiger partial charge in [0.05, 0.1) is 6.54 Å². The number of amides is 1. The average molecular weight is 157 g/mol. The van der Waals surface area contributed by atoms with Crippen molar-refractivity contribution in [3.63, 3.8) is 0 Å². The molecule has 0 bridgehead atoms. The monoisotopic (exact) mass is 157 g/mol. The van der Waals surface area contributed by atoms with E-state index in [2.05, 4.69) is 5.32 Å². The van der Waals surface area contributed by atoms with Crippen molar-refractivity contribution in [3.8, 4) is 0 Å². The molecule has 0 aromatic heterocycles. The Morgan fingerprint density at radius 3 is 3.09 bits per heavy atom. The fourth-order valence-corrected chi connectivity index (χ4v) is 1.26. The van der Waals surface area contributed by atoms with Crippen LogP contribution in [-0.2, 0) is 4.79 Å². The Morgan fingerprint density at radius 2 is 2.36 bits per heavy atom. The minimum atomic E-state index is -0.242. The van der Waals surface area contributed by atoms with Crippen LogP contribution in [0, 0.1) is 0 Å². The van der Waals surface area contributed by atoms with E-state index in [-0.39, 0.29) is 5.91 Å². The Morgan fingerprint density at radius 1 is 1.55 bits per heavy atom. The number of nitrogens with two attached hydrogens (primary N) is 1. The van der Waals surface area contributed by atoms with Crippen LogP contribution in [0.15, 0.2) is 0 Å². The van der Waals surface area contributed by atoms with E-state index in [0.29, 0.717) is 6.54 Å². The van der Waals surface area contributed by atoms with Crippen LogP contribution in [-0.4, -0.2) is 37.1 Å². The minimum Gasteiger partial charge on any atom is -0.369 e. The molecule has 0 aromatic rings. The number of hydrogen-bond donors (Lipinski definition) is 2. The largest absolute Gasteiger partial charge is 0.369 e. The summed E-state index contributed by atoms with van der Waals surface area (Å²) in [6, 6.07) is 0. The Hall–Kier alpha value is -0.610. The van der Waals surface area contributed by atoms with Crippen LogP contribution in [0.25, 0.3) is 0 Å². The maximum atomic E-state index is 10.5. The summed E-state index contributed by atoms with van der Waals surface area (Å²) in [5.41, 5.74) is 5.07. The fraction of sp³-hybridized carbons (Fsp3) is 0.857. The lowest BCUT2D eigenvalue weighted by Crippen LogP contribution is -2.38. The molecule has 1 amide bonds. The van der Waals surface area contributed by atoms with E-state index in [1.165, 1.54) is 6.42 Å². The van der Waals surface area contributed by atoms with Gasteiger partial charge in [-0.2, -0.15) is 0 Å². The lowest BCUT2D eigenvalue weighted by atomic mass is 10.3. The normalized spacial score (nSPS) is 21.1. The van der Waals surface area contributed by atoms with Crippen LogP contribution >= 0.6 is 0 Å². The quantitative estimate of drug-likeness (QED) is 0.547. The number of rotatable bonds is 2. The zero-order valence-electron chi connectivity index (χ0n) is 6.68. The number of hydrogen-bond acceptors (Lipinski definition) is 3. The molecule has 0 saturated carbocycles. The van der Waals surface area contributed by atoms with Crippen LogP contribution < -0.4 is 11.1 Å². The molecule has 0 atom stereocenters. The van der Waals surface area contributed by atoms with Gasteiger partial charge in [0.25, 0.3) is 0 Å². The standard InChI is InChI=1S/C7H15N3O/c8-7(11)5-10-4-2-1-3-9-6-10/h9H,1-6H2,(H2,8,11). The highest BCUT2D eigenvalue weighted by Gasteiger charge is 2.09. The first-order chi connectivity index (χ1) is 5.29. The number of nitrogens with one attached hydrogen (secondary N) is 1. The van der Waals surface area contributed by atoms with Gasteiger partial charge in [0.2, 0.25) is 5.91 Å². The smallest absolute Gasteiger partial charge is 0.231 e. The summed E-state index contributed by atoms with van der Waals surface area (Å²) in [4.78, 5) is 12.6. The maximum absolute atomic E-state index is 10.5. The summed E-state index contributed by atoms with van der Waals surface area (Å²) >= 11 is 0. The average Bonchev–Trinajstić information content (AvgIpc) is 2.14. The van der Waals surface area contributed by atoms with Crippen LogP contribution in [0.2, 0.25) is 0 Å². The van der Waals surface area contributed by atoms with Gasteiger partial charge in [-0.3, -0.25) is 9.69 Å². The van der Waals surface area contributed by atoms with E-state index in [9.17, 15) is 4.79 Å². The van der Waals surface area contributed by atoms with Crippen molar-refractivity contribution in [3.05, 3.63) is 0 Å². The van der Waals surface area contributed by atoms with E-state index in [1.54, 1.807) is 0 Å². The Balaban J connectivity index is 2.25. The van der Waals surface area contributed by atoms with Gasteiger partial charge in [-0.1, -0.05) is 0 Å². The molecule has 1 fully saturated rings. The zero-order chi connectivity index (χ0) is 8.10. The highest BCUT2D eigenvalue weighted by molar-refractivity contribution is 5.75. The topological polar surface area (TPSA) is 58.4 Å². The first-order valence-electron chi connectivity index (χ1n) is 4.00. The molecule has 0 radical (unpaired) electrons. The summed E-state index contributed by atoms with van der Waals surface area (Å²) in [5.74, 6) is -0.242. The molecular weight excluding hydrogens is 142 g/mol. The molecule has 4 nitrogen and oxygen atoms in total. The molecule has 64 valence electrons. The zero-order valence-corrected chi connectivity index (χ0v) is 6.68. The van der Waals surface area contributed by atoms with E-state index >= 15 is 0 Å². The van der Waals surface area contributed by atoms with Crippen molar-refractivity contribution in [2.24, 2.45) is 5.73 Å². The van der Waals surface area contributed by atoms with E-state index in [0.717, 1.165) is 26.2 Å². The van der Waals surface area contributed by atoms with Crippen molar-refractivity contribution < 1.29 is 4.79 Å². The maximum Gasteiger partial charge on any atom is 0.231 e. The lowest BCUT2D eigenvalue weighted by molar-refractivity contribution is -0.119. The van der Waals surface area contributed by atoms with E-state index in [4.69, 9.17) is 5.73 Å². The van der Waals surface area contributed by atoms with Crippen LogP contribution in [0.3, 0.4) is 0 Å². The third kappa shape index (κ3) is 3.34. The van der Waals surface area contributed by atoms with Gasteiger partial charge in [-0.05, 0) is 25.9 Å². The van der Waals surface area contributed by atoms with Crippen molar-refractivity contribution in [1.29, 1.82) is 0 Å². The molecular formula is C7H15N3O. The predicted molar refractivity (Wildman–Crippen MR) is 42.9 cm³/mol. The molecule has 1 aliphatic rings. The third-order valence-electron chi connectivity index (χ3n) is 1.79. The molecule has 0 spiro atoms. The second-order valence-corrected chi connectivity index (χ2v) is 2.88. The van der Waals surface area contributed by atoms with Gasteiger partial charge in [-0.25, -0.2) is 0 Å². The van der Waals surface area contributed by atoms with E-state index in [1.807, 2.05) is 4.90 Å². The van der Waals surface area contributed by atoms with Gasteiger partial charge in [0, 0.05) is 6.67 Å². The van der Waals surface area contributed by atoms with Crippen LogP contribution in [0.1, 0.15) is 12.8 Å². The number of carbonyl (C=O) groups excluding carboxylic acids is 1. The summed E-state index contributed by atoms with van der Waals surface area (Å²) in [6.45, 7) is 3.21. The van der Waals surface area contributed by atoms with Crippen molar-refractivity contribution >= 4 is 5.91 Å². The molecule has 0 aliphatic carbocycles. The lowest BCUT2D eigenvalue weighted by Gasteiger charge is -2.16. The highest BCUT2D eigenvalue weighted by Crippen LogP contribution is 1.97. The third-order valence-corrected chi connectivity index (χ3v) is 1.79. The van der Waals surface area contributed by atoms with Gasteiger partial charge < -0.3 is 11.1 Å². The summed E-state index contributed by atoms with van der Waals surface area (Å²) in [5, 5.41) is 3.22. The minimum absolute atomic E-state index is 0.242. The molecule has 4 heteroatoms. The molecule has 1 rings (SSSR count). The van der Waals surface area contributed by atoms with Gasteiger partial charge in [-0.15, -0.1) is 0 Å². The van der Waals surface area contributed by atoms with E-state index < -0.39 is 0 Å². The highest BCUT2D eigenvalue weighted by atomic mass is 16.1. The molecule has 3 N–H and O–H groups in total. The Bertz CT molecular complexity index is 130. The first-order valence-corrected chi connectivity index (χ1v) is 4.00. The summed E-state index contributed by atoms with van der Waals surface area (Å²) < 4.78 is 0. The van der Waals surface area contributed by atoms with Crippen LogP contribution in [0.5, 0.6) is 0 Å². The molecule has 1 heterocycles. The molecule has 0 aromatic carbocycles. The van der Waals surface area contributed by atoms with Crippen molar-refractivity contribution in [1.82, 2.24) is 10.2 Å². The summed E-state index contributed by atoms with van der Waals surface area (Å²) in [6.07, 6.45) is 2.34. The van der Waals surface area contributed by atoms with Gasteiger partial charge >= 0.3 is 0 Å². The molecule has 1 aliphatic heterocycles. The van der Waals surface area contributed by atoms with Crippen molar-refractivity contribution in [2.75, 3.05) is 26.3 Å². The summed E-state index contributed by atoms with van der Waals surface area (Å²) in [7, 11) is 0. The predicted octanol–water partition coefficient (Wildman–Crippen LogP) is -0.885. The molecule has 1 saturated heterocycles. The Labute approximate surface area is 66.7 Å². The van der Waals surface area contributed by atoms with Crippen LogP contribution in [0.4, 0.5) is 0 Å². The number of carbonyl (C=O) groups is 1.